The van der Waals surface area contributed by atoms with Crippen molar-refractivity contribution >= 4 is 6.29 Å². The minimum atomic E-state index is 0.301. The molecule has 0 fully saturated rings. The highest BCUT2D eigenvalue weighted by Gasteiger charge is 2.00. The highest BCUT2D eigenvalue weighted by molar-refractivity contribution is 5.70. The Hall–Kier alpha value is -1.29. The molecule has 0 spiro atoms. The zero-order chi connectivity index (χ0) is 18.0. The summed E-state index contributed by atoms with van der Waals surface area (Å²) in [6.07, 6.45) is 0.661. The standard InChI is InChI=1S/C17H28O8/c1-19-4-5-20-6-7-21-8-9-22-10-11-23-12-13-24-15-17-3-2-16(14-18)25-17/h2-3,14H,4-13,15H2,1H3. The summed E-state index contributed by atoms with van der Waals surface area (Å²) in [6, 6.07) is 3.32. The molecule has 1 heterocycles. The Kier molecular flexibility index (Phi) is 14.1. The van der Waals surface area contributed by atoms with Crippen LogP contribution in [-0.2, 0) is 35.0 Å². The first-order valence-corrected chi connectivity index (χ1v) is 8.28. The molecule has 8 heteroatoms. The fourth-order valence-electron chi connectivity index (χ4n) is 1.73. The van der Waals surface area contributed by atoms with Crippen LogP contribution in [0.3, 0.4) is 0 Å². The minimum absolute atomic E-state index is 0.301. The molecule has 0 bridgehead atoms. The van der Waals surface area contributed by atoms with Crippen LogP contribution in [-0.4, -0.2) is 79.5 Å². The first kappa shape index (κ1) is 21.8. The van der Waals surface area contributed by atoms with Crippen molar-refractivity contribution in [2.75, 3.05) is 73.2 Å². The van der Waals surface area contributed by atoms with Gasteiger partial charge in [0.25, 0.3) is 0 Å². The highest BCUT2D eigenvalue weighted by atomic mass is 16.6. The van der Waals surface area contributed by atoms with Gasteiger partial charge in [-0.15, -0.1) is 0 Å². The van der Waals surface area contributed by atoms with Crippen LogP contribution in [0.5, 0.6) is 0 Å². The lowest BCUT2D eigenvalue weighted by atomic mass is 10.4. The Morgan fingerprint density at radius 3 is 1.68 bits per heavy atom. The predicted molar refractivity (Wildman–Crippen MR) is 88.9 cm³/mol. The number of aldehydes is 1. The van der Waals surface area contributed by atoms with E-state index in [4.69, 9.17) is 32.8 Å². The maximum atomic E-state index is 10.5. The average molecular weight is 360 g/mol. The first-order valence-electron chi connectivity index (χ1n) is 8.28. The van der Waals surface area contributed by atoms with Gasteiger partial charge in [-0.25, -0.2) is 0 Å². The van der Waals surface area contributed by atoms with E-state index in [1.54, 1.807) is 19.2 Å². The van der Waals surface area contributed by atoms with Gasteiger partial charge in [0.05, 0.1) is 66.1 Å². The number of hydrogen-bond donors (Lipinski definition) is 0. The molecule has 144 valence electrons. The predicted octanol–water partition coefficient (Wildman–Crippen LogP) is 1.32. The number of carbonyl (C=O) groups excluding carboxylic acids is 1. The number of ether oxygens (including phenoxy) is 6. The van der Waals surface area contributed by atoms with Gasteiger partial charge in [0.15, 0.2) is 12.0 Å². The van der Waals surface area contributed by atoms with E-state index < -0.39 is 0 Å². The van der Waals surface area contributed by atoms with E-state index in [0.29, 0.717) is 90.5 Å². The zero-order valence-corrected chi connectivity index (χ0v) is 14.8. The second-order valence-electron chi connectivity index (χ2n) is 4.92. The summed E-state index contributed by atoms with van der Waals surface area (Å²) < 4.78 is 36.7. The number of methoxy groups -OCH3 is 1. The summed E-state index contributed by atoms with van der Waals surface area (Å²) in [5.41, 5.74) is 0. The molecular formula is C17H28O8. The third-order valence-electron chi connectivity index (χ3n) is 2.96. The van der Waals surface area contributed by atoms with E-state index >= 15 is 0 Å². The Morgan fingerprint density at radius 2 is 1.24 bits per heavy atom. The molecule has 0 radical (unpaired) electrons. The Bertz CT molecular complexity index is 421. The van der Waals surface area contributed by atoms with Crippen molar-refractivity contribution in [2.45, 2.75) is 6.61 Å². The van der Waals surface area contributed by atoms with Crippen molar-refractivity contribution in [1.29, 1.82) is 0 Å². The zero-order valence-electron chi connectivity index (χ0n) is 14.8. The molecule has 1 aromatic heterocycles. The molecule has 25 heavy (non-hydrogen) atoms. The Labute approximate surface area is 148 Å². The third-order valence-corrected chi connectivity index (χ3v) is 2.96. The van der Waals surface area contributed by atoms with Crippen LogP contribution in [0.4, 0.5) is 0 Å². The minimum Gasteiger partial charge on any atom is -0.456 e. The largest absolute Gasteiger partial charge is 0.456 e. The van der Waals surface area contributed by atoms with Gasteiger partial charge in [-0.05, 0) is 12.1 Å². The molecule has 1 aromatic rings. The topological polar surface area (TPSA) is 85.6 Å². The lowest BCUT2D eigenvalue weighted by Gasteiger charge is -2.07. The van der Waals surface area contributed by atoms with Crippen LogP contribution in [0.1, 0.15) is 16.3 Å². The molecule has 0 atom stereocenters. The number of rotatable bonds is 18. The van der Waals surface area contributed by atoms with Crippen LogP contribution in [0, 0.1) is 0 Å². The summed E-state index contributed by atoms with van der Waals surface area (Å²) in [5, 5.41) is 0. The molecule has 0 N–H and O–H groups in total. The van der Waals surface area contributed by atoms with E-state index in [0.717, 1.165) is 0 Å². The molecule has 0 saturated carbocycles. The Balaban J connectivity index is 1.74. The number of carbonyl (C=O) groups is 1. The molecule has 0 aliphatic heterocycles. The summed E-state index contributed by atoms with van der Waals surface area (Å²) in [5.74, 6) is 0.920. The van der Waals surface area contributed by atoms with Gasteiger partial charge in [0.1, 0.15) is 12.4 Å². The molecule has 8 nitrogen and oxygen atoms in total. The van der Waals surface area contributed by atoms with Crippen LogP contribution in [0.2, 0.25) is 0 Å². The second kappa shape index (κ2) is 16.2. The van der Waals surface area contributed by atoms with Crippen molar-refractivity contribution in [3.8, 4) is 0 Å². The molecule has 0 aliphatic rings. The van der Waals surface area contributed by atoms with E-state index in [-0.39, 0.29) is 0 Å². The molecule has 0 saturated heterocycles. The van der Waals surface area contributed by atoms with Crippen LogP contribution in [0.25, 0.3) is 0 Å². The SMILES string of the molecule is COCCOCCOCCOCCOCCOCc1ccc(C=O)o1. The maximum absolute atomic E-state index is 10.5. The molecule has 0 amide bonds. The van der Waals surface area contributed by atoms with Crippen molar-refractivity contribution in [1.82, 2.24) is 0 Å². The summed E-state index contributed by atoms with van der Waals surface area (Å²) in [6.45, 7) is 5.58. The van der Waals surface area contributed by atoms with Crippen molar-refractivity contribution < 1.29 is 37.6 Å². The average Bonchev–Trinajstić information content (AvgIpc) is 3.09. The van der Waals surface area contributed by atoms with Gasteiger partial charge in [-0.1, -0.05) is 0 Å². The fraction of sp³-hybridized carbons (Fsp3) is 0.706. The lowest BCUT2D eigenvalue weighted by molar-refractivity contribution is -0.0166. The van der Waals surface area contributed by atoms with Gasteiger partial charge >= 0.3 is 0 Å². The molecule has 0 aromatic carbocycles. The quantitative estimate of drug-likeness (QED) is 0.286. The van der Waals surface area contributed by atoms with Gasteiger partial charge in [0.2, 0.25) is 0 Å². The second-order valence-corrected chi connectivity index (χ2v) is 4.92. The molecule has 0 aliphatic carbocycles. The van der Waals surface area contributed by atoms with Gasteiger partial charge in [-0.2, -0.15) is 0 Å². The van der Waals surface area contributed by atoms with Gasteiger partial charge in [0, 0.05) is 7.11 Å². The molecule has 1 rings (SSSR count). The normalized spacial score (nSPS) is 11.1. The summed E-state index contributed by atoms with van der Waals surface area (Å²) in [4.78, 5) is 10.5. The molecular weight excluding hydrogens is 332 g/mol. The number of furan rings is 1. The van der Waals surface area contributed by atoms with E-state index in [1.165, 1.54) is 0 Å². The fourth-order valence-corrected chi connectivity index (χ4v) is 1.73. The van der Waals surface area contributed by atoms with Crippen LogP contribution in [0.15, 0.2) is 16.5 Å². The smallest absolute Gasteiger partial charge is 0.185 e. The third kappa shape index (κ3) is 12.7. The highest BCUT2D eigenvalue weighted by Crippen LogP contribution is 2.06. The van der Waals surface area contributed by atoms with E-state index in [2.05, 4.69) is 0 Å². The van der Waals surface area contributed by atoms with Crippen LogP contribution >= 0.6 is 0 Å². The monoisotopic (exact) mass is 360 g/mol. The van der Waals surface area contributed by atoms with Crippen molar-refractivity contribution in [3.63, 3.8) is 0 Å². The van der Waals surface area contributed by atoms with Crippen LogP contribution < -0.4 is 0 Å². The van der Waals surface area contributed by atoms with Gasteiger partial charge < -0.3 is 32.8 Å². The van der Waals surface area contributed by atoms with Crippen molar-refractivity contribution in [3.05, 3.63) is 23.7 Å². The Morgan fingerprint density at radius 1 is 0.760 bits per heavy atom. The first-order chi connectivity index (χ1) is 12.4. The van der Waals surface area contributed by atoms with Gasteiger partial charge in [-0.3, -0.25) is 4.79 Å². The summed E-state index contributed by atoms with van der Waals surface area (Å²) in [7, 11) is 1.64. The lowest BCUT2D eigenvalue weighted by Crippen LogP contribution is -2.13. The van der Waals surface area contributed by atoms with E-state index in [1.807, 2.05) is 0 Å². The summed E-state index contributed by atoms with van der Waals surface area (Å²) >= 11 is 0. The molecule has 0 unspecified atom stereocenters. The van der Waals surface area contributed by atoms with E-state index in [9.17, 15) is 4.79 Å². The number of hydrogen-bond acceptors (Lipinski definition) is 8. The maximum Gasteiger partial charge on any atom is 0.185 e. The van der Waals surface area contributed by atoms with Crippen molar-refractivity contribution in [2.24, 2.45) is 0 Å².